The van der Waals surface area contributed by atoms with Crippen molar-refractivity contribution in [3.8, 4) is 5.75 Å². The fourth-order valence-electron chi connectivity index (χ4n) is 2.48. The lowest BCUT2D eigenvalue weighted by Crippen LogP contribution is -2.51. The number of nitrogens with two attached hydrogens (primary N) is 1. The lowest BCUT2D eigenvalue weighted by Gasteiger charge is -2.36. The van der Waals surface area contributed by atoms with Crippen LogP contribution in [0, 0.1) is 0 Å². The van der Waals surface area contributed by atoms with Crippen molar-refractivity contribution >= 4 is 21.4 Å². The summed E-state index contributed by atoms with van der Waals surface area (Å²) >= 11 is 1.19. The Bertz CT molecular complexity index is 525. The van der Waals surface area contributed by atoms with E-state index in [-0.39, 0.29) is 16.3 Å². The lowest BCUT2D eigenvalue weighted by atomic mass is 10.00. The van der Waals surface area contributed by atoms with Gasteiger partial charge in [0.25, 0.3) is 10.0 Å². The van der Waals surface area contributed by atoms with Crippen LogP contribution < -0.4 is 10.5 Å². The molecule has 7 heteroatoms. The van der Waals surface area contributed by atoms with Crippen molar-refractivity contribution in [3.63, 3.8) is 0 Å². The number of ether oxygens (including phenoxy) is 1. The number of sulfonamides is 1. The average molecular weight is 304 g/mol. The van der Waals surface area contributed by atoms with E-state index < -0.39 is 10.0 Å². The molecule has 2 heterocycles. The molecule has 1 fully saturated rings. The minimum absolute atomic E-state index is 0.120. The molecule has 2 rings (SSSR count). The van der Waals surface area contributed by atoms with Crippen molar-refractivity contribution in [3.05, 3.63) is 11.4 Å². The van der Waals surface area contributed by atoms with Crippen molar-refractivity contribution in [2.45, 2.75) is 42.5 Å². The summed E-state index contributed by atoms with van der Waals surface area (Å²) in [5.41, 5.74) is 5.94. The van der Waals surface area contributed by atoms with Gasteiger partial charge >= 0.3 is 0 Å². The normalized spacial score (nSPS) is 23.2. The van der Waals surface area contributed by atoms with Gasteiger partial charge in [-0.25, -0.2) is 8.42 Å². The van der Waals surface area contributed by atoms with Gasteiger partial charge in [0.2, 0.25) is 0 Å². The highest BCUT2D eigenvalue weighted by atomic mass is 32.2. The highest BCUT2D eigenvalue weighted by Gasteiger charge is 2.37. The van der Waals surface area contributed by atoms with Crippen LogP contribution in [0.15, 0.2) is 15.7 Å². The first-order chi connectivity index (χ1) is 8.98. The van der Waals surface area contributed by atoms with Gasteiger partial charge in [0.05, 0.1) is 7.11 Å². The average Bonchev–Trinajstić information content (AvgIpc) is 2.87. The van der Waals surface area contributed by atoms with Crippen LogP contribution in [-0.4, -0.2) is 38.5 Å². The second-order valence-electron chi connectivity index (χ2n) is 4.81. The van der Waals surface area contributed by atoms with E-state index >= 15 is 0 Å². The molecule has 2 atom stereocenters. The molecule has 5 nitrogen and oxygen atoms in total. The Morgan fingerprint density at radius 1 is 1.53 bits per heavy atom. The van der Waals surface area contributed by atoms with Gasteiger partial charge in [-0.1, -0.05) is 6.42 Å². The molecule has 0 radical (unpaired) electrons. The van der Waals surface area contributed by atoms with E-state index in [1.807, 2.05) is 6.92 Å². The molecule has 1 aromatic rings. The van der Waals surface area contributed by atoms with Crippen molar-refractivity contribution < 1.29 is 13.2 Å². The first kappa shape index (κ1) is 14.8. The van der Waals surface area contributed by atoms with Gasteiger partial charge in [-0.15, -0.1) is 11.3 Å². The number of piperidine rings is 1. The Labute approximate surface area is 118 Å². The highest BCUT2D eigenvalue weighted by Crippen LogP contribution is 2.35. The summed E-state index contributed by atoms with van der Waals surface area (Å²) in [6, 6.07) is 1.40. The Morgan fingerprint density at radius 3 is 2.89 bits per heavy atom. The van der Waals surface area contributed by atoms with Crippen molar-refractivity contribution in [2.24, 2.45) is 5.73 Å². The predicted octanol–water partition coefficient (Wildman–Crippen LogP) is 1.65. The SMILES string of the molecule is COc1ccsc1S(=O)(=O)N1CCCC[C@@H]1[C@H](C)N. The molecule has 1 aliphatic heterocycles. The minimum atomic E-state index is -3.51. The quantitative estimate of drug-likeness (QED) is 0.918. The van der Waals surface area contributed by atoms with Crippen LogP contribution in [0.3, 0.4) is 0 Å². The van der Waals surface area contributed by atoms with Gasteiger partial charge < -0.3 is 10.5 Å². The third kappa shape index (κ3) is 2.79. The molecule has 0 amide bonds. The van der Waals surface area contributed by atoms with Gasteiger partial charge in [-0.2, -0.15) is 4.31 Å². The number of hydrogen-bond acceptors (Lipinski definition) is 5. The van der Waals surface area contributed by atoms with Gasteiger partial charge in [0.15, 0.2) is 4.21 Å². The molecule has 0 aliphatic carbocycles. The maximum Gasteiger partial charge on any atom is 0.256 e. The zero-order chi connectivity index (χ0) is 14.0. The summed E-state index contributed by atoms with van der Waals surface area (Å²) in [5.74, 6) is 0.416. The number of thiophene rings is 1. The van der Waals surface area contributed by atoms with Crippen LogP contribution in [-0.2, 0) is 10.0 Å². The maximum absolute atomic E-state index is 12.7. The Balaban J connectivity index is 2.37. The van der Waals surface area contributed by atoms with Crippen molar-refractivity contribution in [2.75, 3.05) is 13.7 Å². The summed E-state index contributed by atoms with van der Waals surface area (Å²) in [6.07, 6.45) is 2.74. The summed E-state index contributed by atoms with van der Waals surface area (Å²) in [5, 5.41) is 1.73. The maximum atomic E-state index is 12.7. The largest absolute Gasteiger partial charge is 0.494 e. The van der Waals surface area contributed by atoms with Crippen LogP contribution in [0.1, 0.15) is 26.2 Å². The molecule has 0 saturated carbocycles. The number of rotatable bonds is 4. The standard InChI is InChI=1S/C12H20N2O3S2/c1-9(13)10-5-3-4-7-14(10)19(15,16)12-11(17-2)6-8-18-12/h6,8-10H,3-5,7,13H2,1-2H3/t9-,10+/m0/s1. The Morgan fingerprint density at radius 2 is 2.26 bits per heavy atom. The topological polar surface area (TPSA) is 72.6 Å². The summed E-state index contributed by atoms with van der Waals surface area (Å²) in [7, 11) is -2.02. The van der Waals surface area contributed by atoms with E-state index in [0.29, 0.717) is 12.3 Å². The third-order valence-electron chi connectivity index (χ3n) is 3.46. The molecule has 108 valence electrons. The van der Waals surface area contributed by atoms with Gasteiger partial charge in [0, 0.05) is 18.6 Å². The molecule has 1 aromatic heterocycles. The number of nitrogens with zero attached hydrogens (tertiary/aromatic N) is 1. The third-order valence-corrected chi connectivity index (χ3v) is 6.81. The van der Waals surface area contributed by atoms with Crippen LogP contribution in [0.25, 0.3) is 0 Å². The zero-order valence-electron chi connectivity index (χ0n) is 11.2. The van der Waals surface area contributed by atoms with E-state index in [0.717, 1.165) is 19.3 Å². The van der Waals surface area contributed by atoms with E-state index in [1.165, 1.54) is 18.4 Å². The zero-order valence-corrected chi connectivity index (χ0v) is 12.8. The van der Waals surface area contributed by atoms with E-state index in [2.05, 4.69) is 0 Å². The molecule has 0 aromatic carbocycles. The lowest BCUT2D eigenvalue weighted by molar-refractivity contribution is 0.227. The minimum Gasteiger partial charge on any atom is -0.494 e. The van der Waals surface area contributed by atoms with E-state index in [1.54, 1.807) is 15.8 Å². The molecule has 2 N–H and O–H groups in total. The Kier molecular flexibility index (Phi) is 4.50. The number of methoxy groups -OCH3 is 1. The van der Waals surface area contributed by atoms with Crippen LogP contribution in [0.2, 0.25) is 0 Å². The molecular weight excluding hydrogens is 284 g/mol. The summed E-state index contributed by atoms with van der Waals surface area (Å²) in [6.45, 7) is 2.40. The fourth-order valence-corrected chi connectivity index (χ4v) is 5.65. The van der Waals surface area contributed by atoms with Gasteiger partial charge in [0.1, 0.15) is 5.75 Å². The van der Waals surface area contributed by atoms with Crippen LogP contribution in [0.5, 0.6) is 5.75 Å². The fraction of sp³-hybridized carbons (Fsp3) is 0.667. The van der Waals surface area contributed by atoms with E-state index in [4.69, 9.17) is 10.5 Å². The first-order valence-corrected chi connectivity index (χ1v) is 8.69. The van der Waals surface area contributed by atoms with Crippen LogP contribution >= 0.6 is 11.3 Å². The van der Waals surface area contributed by atoms with Gasteiger partial charge in [-0.3, -0.25) is 0 Å². The number of hydrogen-bond donors (Lipinski definition) is 1. The molecule has 0 unspecified atom stereocenters. The van der Waals surface area contributed by atoms with Crippen LogP contribution in [0.4, 0.5) is 0 Å². The van der Waals surface area contributed by atoms with Crippen molar-refractivity contribution in [1.82, 2.24) is 4.31 Å². The molecule has 0 spiro atoms. The highest BCUT2D eigenvalue weighted by molar-refractivity contribution is 7.91. The predicted molar refractivity (Wildman–Crippen MR) is 76.1 cm³/mol. The second kappa shape index (κ2) is 5.78. The molecule has 1 aliphatic rings. The Hall–Kier alpha value is -0.630. The van der Waals surface area contributed by atoms with Crippen molar-refractivity contribution in [1.29, 1.82) is 0 Å². The summed E-state index contributed by atoms with van der Waals surface area (Å²) < 4.78 is 32.5. The smallest absolute Gasteiger partial charge is 0.256 e. The van der Waals surface area contributed by atoms with Gasteiger partial charge in [-0.05, 0) is 31.2 Å². The molecule has 19 heavy (non-hydrogen) atoms. The molecular formula is C12H20N2O3S2. The first-order valence-electron chi connectivity index (χ1n) is 6.37. The monoisotopic (exact) mass is 304 g/mol. The second-order valence-corrected chi connectivity index (χ2v) is 7.82. The molecule has 1 saturated heterocycles. The summed E-state index contributed by atoms with van der Waals surface area (Å²) in [4.78, 5) is 0. The van der Waals surface area contributed by atoms with E-state index in [9.17, 15) is 8.42 Å². The molecule has 0 bridgehead atoms.